The van der Waals surface area contributed by atoms with Crippen LogP contribution in [0.5, 0.6) is 0 Å². The van der Waals surface area contributed by atoms with Crippen LogP contribution in [0, 0.1) is 0 Å². The Bertz CT molecular complexity index is 847. The molecule has 2 aromatic heterocycles. The van der Waals surface area contributed by atoms with Gasteiger partial charge in [-0.25, -0.2) is 0 Å². The summed E-state index contributed by atoms with van der Waals surface area (Å²) < 4.78 is 0. The minimum absolute atomic E-state index is 0.267. The van der Waals surface area contributed by atoms with Crippen LogP contribution in [-0.2, 0) is 6.54 Å². The lowest BCUT2D eigenvalue weighted by Gasteiger charge is -2.13. The third-order valence-corrected chi connectivity index (χ3v) is 3.76. The molecule has 2 heterocycles. The number of hydrogen-bond acceptors (Lipinski definition) is 6. The molecule has 0 bridgehead atoms. The first-order valence-corrected chi connectivity index (χ1v) is 8.17. The van der Waals surface area contributed by atoms with E-state index in [-0.39, 0.29) is 11.6 Å². The standard InChI is InChI=1S/C19H20N6O/c1-25(2)16-5-3-15(4-6-16)22-18-8-7-17(23-24-18)19(26)21-13-14-9-11-20-12-10-14/h3-12H,13H2,1-2H3,(H,21,26)(H,22,24). The molecule has 26 heavy (non-hydrogen) atoms. The number of nitrogens with one attached hydrogen (secondary N) is 2. The lowest BCUT2D eigenvalue weighted by atomic mass is 10.2. The van der Waals surface area contributed by atoms with Gasteiger partial charge >= 0.3 is 0 Å². The van der Waals surface area contributed by atoms with Crippen LogP contribution in [0.3, 0.4) is 0 Å². The molecule has 7 heteroatoms. The number of hydrogen-bond donors (Lipinski definition) is 2. The molecule has 2 N–H and O–H groups in total. The predicted octanol–water partition coefficient (Wildman–Crippen LogP) is 2.61. The molecule has 1 aromatic carbocycles. The first-order chi connectivity index (χ1) is 12.6. The van der Waals surface area contributed by atoms with Crippen molar-refractivity contribution in [2.45, 2.75) is 6.54 Å². The van der Waals surface area contributed by atoms with Gasteiger partial charge in [0, 0.05) is 44.4 Å². The minimum Gasteiger partial charge on any atom is -0.378 e. The Morgan fingerprint density at radius 2 is 1.69 bits per heavy atom. The van der Waals surface area contributed by atoms with Crippen LogP contribution in [0.2, 0.25) is 0 Å². The number of benzene rings is 1. The van der Waals surface area contributed by atoms with Gasteiger partial charge in [0.15, 0.2) is 11.5 Å². The highest BCUT2D eigenvalue weighted by molar-refractivity contribution is 5.92. The summed E-state index contributed by atoms with van der Waals surface area (Å²) in [7, 11) is 3.98. The number of carbonyl (C=O) groups excluding carboxylic acids is 1. The van der Waals surface area contributed by atoms with Crippen molar-refractivity contribution in [1.29, 1.82) is 0 Å². The number of anilines is 3. The van der Waals surface area contributed by atoms with Gasteiger partial charge in [-0.05, 0) is 54.1 Å². The Hall–Kier alpha value is -3.48. The number of aromatic nitrogens is 3. The largest absolute Gasteiger partial charge is 0.378 e. The molecule has 0 unspecified atom stereocenters. The third-order valence-electron chi connectivity index (χ3n) is 3.76. The maximum Gasteiger partial charge on any atom is 0.272 e. The van der Waals surface area contributed by atoms with Gasteiger partial charge < -0.3 is 15.5 Å². The van der Waals surface area contributed by atoms with Gasteiger partial charge in [0.2, 0.25) is 0 Å². The molecule has 7 nitrogen and oxygen atoms in total. The Balaban J connectivity index is 1.58. The van der Waals surface area contributed by atoms with Crippen molar-refractivity contribution in [3.05, 3.63) is 72.2 Å². The molecule has 132 valence electrons. The van der Waals surface area contributed by atoms with Crippen LogP contribution in [-0.4, -0.2) is 35.2 Å². The SMILES string of the molecule is CN(C)c1ccc(Nc2ccc(C(=O)NCc3ccncc3)nn2)cc1. The van der Waals surface area contributed by atoms with Crippen LogP contribution >= 0.6 is 0 Å². The topological polar surface area (TPSA) is 83.0 Å². The molecule has 0 fully saturated rings. The maximum atomic E-state index is 12.1. The lowest BCUT2D eigenvalue weighted by molar-refractivity contribution is 0.0945. The van der Waals surface area contributed by atoms with Crippen molar-refractivity contribution >= 4 is 23.1 Å². The number of pyridine rings is 1. The van der Waals surface area contributed by atoms with Crippen molar-refractivity contribution in [2.24, 2.45) is 0 Å². The average molecular weight is 348 g/mol. The molecule has 0 spiro atoms. The van der Waals surface area contributed by atoms with Crippen LogP contribution < -0.4 is 15.5 Å². The lowest BCUT2D eigenvalue weighted by Crippen LogP contribution is -2.24. The van der Waals surface area contributed by atoms with E-state index in [9.17, 15) is 4.79 Å². The molecular formula is C19H20N6O. The van der Waals surface area contributed by atoms with E-state index in [1.54, 1.807) is 24.5 Å². The molecule has 0 saturated heterocycles. The molecule has 3 rings (SSSR count). The fourth-order valence-corrected chi connectivity index (χ4v) is 2.28. The van der Waals surface area contributed by atoms with Crippen molar-refractivity contribution in [2.75, 3.05) is 24.3 Å². The highest BCUT2D eigenvalue weighted by Gasteiger charge is 2.08. The van der Waals surface area contributed by atoms with E-state index in [1.807, 2.05) is 55.4 Å². The zero-order valence-corrected chi connectivity index (χ0v) is 14.7. The van der Waals surface area contributed by atoms with Gasteiger partial charge in [-0.1, -0.05) is 0 Å². The van der Waals surface area contributed by atoms with Gasteiger partial charge in [-0.15, -0.1) is 10.2 Å². The van der Waals surface area contributed by atoms with Gasteiger partial charge in [0.05, 0.1) is 0 Å². The van der Waals surface area contributed by atoms with Gasteiger partial charge in [-0.3, -0.25) is 9.78 Å². The zero-order chi connectivity index (χ0) is 18.4. The van der Waals surface area contributed by atoms with Crippen molar-refractivity contribution in [1.82, 2.24) is 20.5 Å². The predicted molar refractivity (Wildman–Crippen MR) is 101 cm³/mol. The second-order valence-corrected chi connectivity index (χ2v) is 5.91. The number of nitrogens with zero attached hydrogens (tertiary/aromatic N) is 4. The van der Waals surface area contributed by atoms with Crippen molar-refractivity contribution in [3.63, 3.8) is 0 Å². The van der Waals surface area contributed by atoms with Crippen LogP contribution in [0.4, 0.5) is 17.2 Å². The number of rotatable bonds is 6. The van der Waals surface area contributed by atoms with E-state index in [2.05, 4.69) is 25.8 Å². The Labute approximate surface area is 152 Å². The Morgan fingerprint density at radius 1 is 0.962 bits per heavy atom. The Morgan fingerprint density at radius 3 is 2.31 bits per heavy atom. The summed E-state index contributed by atoms with van der Waals surface area (Å²) in [5.74, 6) is 0.310. The fraction of sp³-hybridized carbons (Fsp3) is 0.158. The molecule has 1 amide bonds. The minimum atomic E-state index is -0.267. The van der Waals surface area contributed by atoms with E-state index in [4.69, 9.17) is 0 Å². The second kappa shape index (κ2) is 8.06. The van der Waals surface area contributed by atoms with Crippen molar-refractivity contribution in [3.8, 4) is 0 Å². The Kier molecular flexibility index (Phi) is 5.38. The van der Waals surface area contributed by atoms with Gasteiger partial charge in [0.25, 0.3) is 5.91 Å². The number of amides is 1. The summed E-state index contributed by atoms with van der Waals surface area (Å²) in [6.07, 6.45) is 3.37. The molecule has 0 saturated carbocycles. The molecule has 0 aliphatic heterocycles. The quantitative estimate of drug-likeness (QED) is 0.712. The average Bonchev–Trinajstić information content (AvgIpc) is 2.68. The summed E-state index contributed by atoms with van der Waals surface area (Å²) in [6, 6.07) is 15.0. The van der Waals surface area contributed by atoms with E-state index in [0.29, 0.717) is 12.4 Å². The fourth-order valence-electron chi connectivity index (χ4n) is 2.28. The molecular weight excluding hydrogens is 328 g/mol. The molecule has 3 aromatic rings. The molecule has 0 radical (unpaired) electrons. The molecule has 0 atom stereocenters. The highest BCUT2D eigenvalue weighted by atomic mass is 16.1. The first-order valence-electron chi connectivity index (χ1n) is 8.17. The third kappa shape index (κ3) is 4.54. The smallest absolute Gasteiger partial charge is 0.272 e. The summed E-state index contributed by atoms with van der Waals surface area (Å²) in [5.41, 5.74) is 3.26. The summed E-state index contributed by atoms with van der Waals surface area (Å²) >= 11 is 0. The van der Waals surface area contributed by atoms with E-state index in [1.165, 1.54) is 0 Å². The van der Waals surface area contributed by atoms with E-state index >= 15 is 0 Å². The van der Waals surface area contributed by atoms with E-state index < -0.39 is 0 Å². The normalized spacial score (nSPS) is 10.2. The van der Waals surface area contributed by atoms with Crippen LogP contribution in [0.1, 0.15) is 16.1 Å². The monoisotopic (exact) mass is 348 g/mol. The van der Waals surface area contributed by atoms with Gasteiger partial charge in [0.1, 0.15) is 0 Å². The first kappa shape index (κ1) is 17.3. The summed E-state index contributed by atoms with van der Waals surface area (Å²) in [5, 5.41) is 14.0. The maximum absolute atomic E-state index is 12.1. The molecule has 0 aliphatic carbocycles. The number of carbonyl (C=O) groups is 1. The summed E-state index contributed by atoms with van der Waals surface area (Å²) in [4.78, 5) is 18.1. The van der Waals surface area contributed by atoms with Gasteiger partial charge in [-0.2, -0.15) is 0 Å². The zero-order valence-electron chi connectivity index (χ0n) is 14.7. The highest BCUT2D eigenvalue weighted by Crippen LogP contribution is 2.18. The summed E-state index contributed by atoms with van der Waals surface area (Å²) in [6.45, 7) is 0.418. The second-order valence-electron chi connectivity index (χ2n) is 5.91. The van der Waals surface area contributed by atoms with Crippen LogP contribution in [0.15, 0.2) is 60.9 Å². The van der Waals surface area contributed by atoms with Crippen molar-refractivity contribution < 1.29 is 4.79 Å². The van der Waals surface area contributed by atoms with E-state index in [0.717, 1.165) is 16.9 Å². The molecule has 0 aliphatic rings. The van der Waals surface area contributed by atoms with Crippen LogP contribution in [0.25, 0.3) is 0 Å².